The summed E-state index contributed by atoms with van der Waals surface area (Å²) in [5, 5.41) is 0. The molecule has 0 unspecified atom stereocenters. The van der Waals surface area contributed by atoms with E-state index in [1.54, 1.807) is 50.6 Å². The molecule has 32 heavy (non-hydrogen) atoms. The Morgan fingerprint density at radius 2 is 1.09 bits per heavy atom. The zero-order valence-electron chi connectivity index (χ0n) is 17.4. The second kappa shape index (κ2) is 11.2. The zero-order valence-corrected chi connectivity index (χ0v) is 20.6. The van der Waals surface area contributed by atoms with Gasteiger partial charge in [0.25, 0.3) is 0 Å². The molecule has 3 rings (SSSR count). The summed E-state index contributed by atoms with van der Waals surface area (Å²) in [4.78, 5) is 25.5. The second-order valence-electron chi connectivity index (χ2n) is 6.61. The van der Waals surface area contributed by atoms with Gasteiger partial charge in [0.2, 0.25) is 0 Å². The van der Waals surface area contributed by atoms with Gasteiger partial charge >= 0.3 is 11.9 Å². The fourth-order valence-corrected chi connectivity index (χ4v) is 3.82. The first-order valence-electron chi connectivity index (χ1n) is 9.51. The van der Waals surface area contributed by atoms with Crippen LogP contribution < -0.4 is 9.47 Å². The Kier molecular flexibility index (Phi) is 8.30. The number of hydrogen-bond donors (Lipinski definition) is 0. The Balaban J connectivity index is 1.72. The molecule has 0 bridgehead atoms. The number of esters is 2. The molecule has 0 amide bonds. The summed E-state index contributed by atoms with van der Waals surface area (Å²) in [7, 11) is 3.08. The average Bonchev–Trinajstić information content (AvgIpc) is 2.81. The molecule has 0 heterocycles. The summed E-state index contributed by atoms with van der Waals surface area (Å²) in [5.41, 5.74) is 1.62. The quantitative estimate of drug-likeness (QED) is 0.316. The van der Waals surface area contributed by atoms with Crippen molar-refractivity contribution in [2.75, 3.05) is 14.2 Å². The molecule has 6 nitrogen and oxygen atoms in total. The van der Waals surface area contributed by atoms with Crippen LogP contribution in [0.15, 0.2) is 69.6 Å². The van der Waals surface area contributed by atoms with E-state index in [4.69, 9.17) is 18.9 Å². The van der Waals surface area contributed by atoms with E-state index >= 15 is 0 Å². The van der Waals surface area contributed by atoms with E-state index in [-0.39, 0.29) is 24.3 Å². The van der Waals surface area contributed by atoms with Crippen molar-refractivity contribution in [2.45, 2.75) is 13.2 Å². The van der Waals surface area contributed by atoms with Gasteiger partial charge in [-0.3, -0.25) is 0 Å². The van der Waals surface area contributed by atoms with Crippen molar-refractivity contribution < 1.29 is 28.5 Å². The van der Waals surface area contributed by atoms with Crippen LogP contribution in [0.5, 0.6) is 11.5 Å². The third kappa shape index (κ3) is 5.89. The van der Waals surface area contributed by atoms with Crippen LogP contribution in [0.4, 0.5) is 0 Å². The minimum atomic E-state index is -0.639. The highest BCUT2D eigenvalue weighted by Crippen LogP contribution is 2.26. The molecule has 3 aromatic carbocycles. The SMILES string of the molecule is COc1ccc(Br)cc1COC(=O)c1ccccc1C(=O)OCc1cc(Br)ccc1OC. The molecule has 0 aliphatic heterocycles. The molecular weight excluding hydrogens is 544 g/mol. The zero-order chi connectivity index (χ0) is 23.1. The Labute approximate surface area is 202 Å². The molecule has 0 N–H and O–H groups in total. The van der Waals surface area contributed by atoms with Crippen LogP contribution in [-0.4, -0.2) is 26.2 Å². The lowest BCUT2D eigenvalue weighted by Gasteiger charge is -2.13. The Morgan fingerprint density at radius 1 is 0.688 bits per heavy atom. The Hall–Kier alpha value is -2.84. The standard InChI is InChI=1S/C24H20Br2O6/c1-29-21-9-7-17(25)11-15(21)13-31-23(27)19-5-3-4-6-20(19)24(28)32-14-16-12-18(26)8-10-22(16)30-2/h3-12H,13-14H2,1-2H3. The van der Waals surface area contributed by atoms with Crippen molar-refractivity contribution in [3.05, 3.63) is 91.9 Å². The summed E-state index contributed by atoms with van der Waals surface area (Å²) in [6, 6.07) is 17.2. The lowest BCUT2D eigenvalue weighted by molar-refractivity contribution is 0.0422. The highest BCUT2D eigenvalue weighted by atomic mass is 79.9. The van der Waals surface area contributed by atoms with Crippen molar-refractivity contribution in [1.29, 1.82) is 0 Å². The van der Waals surface area contributed by atoms with Gasteiger partial charge in [-0.05, 0) is 48.5 Å². The van der Waals surface area contributed by atoms with Gasteiger partial charge in [0.15, 0.2) is 0 Å². The molecule has 0 aliphatic carbocycles. The van der Waals surface area contributed by atoms with Crippen molar-refractivity contribution in [3.8, 4) is 11.5 Å². The van der Waals surface area contributed by atoms with Crippen molar-refractivity contribution in [3.63, 3.8) is 0 Å². The monoisotopic (exact) mass is 562 g/mol. The highest BCUT2D eigenvalue weighted by Gasteiger charge is 2.20. The topological polar surface area (TPSA) is 71.1 Å². The summed E-state index contributed by atoms with van der Waals surface area (Å²) >= 11 is 6.78. The lowest BCUT2D eigenvalue weighted by atomic mass is 10.1. The van der Waals surface area contributed by atoms with Crippen LogP contribution >= 0.6 is 31.9 Å². The van der Waals surface area contributed by atoms with E-state index in [0.29, 0.717) is 22.6 Å². The molecule has 0 fully saturated rings. The smallest absolute Gasteiger partial charge is 0.339 e. The van der Waals surface area contributed by atoms with Gasteiger partial charge in [-0.25, -0.2) is 9.59 Å². The van der Waals surface area contributed by atoms with E-state index in [9.17, 15) is 9.59 Å². The van der Waals surface area contributed by atoms with Gasteiger partial charge in [0.1, 0.15) is 24.7 Å². The molecule has 0 aromatic heterocycles. The third-order valence-corrected chi connectivity index (χ3v) is 5.56. The van der Waals surface area contributed by atoms with Gasteiger partial charge in [-0.15, -0.1) is 0 Å². The van der Waals surface area contributed by atoms with E-state index in [0.717, 1.165) is 8.95 Å². The van der Waals surface area contributed by atoms with Crippen LogP contribution in [0.1, 0.15) is 31.8 Å². The van der Waals surface area contributed by atoms with E-state index in [1.807, 2.05) is 12.1 Å². The van der Waals surface area contributed by atoms with E-state index in [1.165, 1.54) is 12.1 Å². The molecular formula is C24H20Br2O6. The maximum atomic E-state index is 12.7. The van der Waals surface area contributed by atoms with Crippen molar-refractivity contribution in [2.24, 2.45) is 0 Å². The molecule has 0 atom stereocenters. The van der Waals surface area contributed by atoms with Crippen LogP contribution in [-0.2, 0) is 22.7 Å². The molecule has 3 aromatic rings. The number of hydrogen-bond acceptors (Lipinski definition) is 6. The molecule has 0 radical (unpaired) electrons. The number of halogens is 2. The molecule has 0 saturated carbocycles. The number of carbonyl (C=O) groups excluding carboxylic acids is 2. The van der Waals surface area contributed by atoms with Gasteiger partial charge in [0, 0.05) is 20.1 Å². The van der Waals surface area contributed by atoms with Gasteiger partial charge in [-0.2, -0.15) is 0 Å². The van der Waals surface area contributed by atoms with Gasteiger partial charge in [-0.1, -0.05) is 44.0 Å². The molecule has 8 heteroatoms. The molecule has 0 aliphatic rings. The van der Waals surface area contributed by atoms with E-state index < -0.39 is 11.9 Å². The fourth-order valence-electron chi connectivity index (χ4n) is 3.00. The molecule has 0 saturated heterocycles. The first-order valence-corrected chi connectivity index (χ1v) is 11.1. The number of ether oxygens (including phenoxy) is 4. The van der Waals surface area contributed by atoms with Crippen LogP contribution in [0.25, 0.3) is 0 Å². The number of methoxy groups -OCH3 is 2. The van der Waals surface area contributed by atoms with Gasteiger partial charge < -0.3 is 18.9 Å². The summed E-state index contributed by atoms with van der Waals surface area (Å²) in [5.74, 6) is -0.0902. The highest BCUT2D eigenvalue weighted by molar-refractivity contribution is 9.10. The van der Waals surface area contributed by atoms with Crippen LogP contribution in [0, 0.1) is 0 Å². The summed E-state index contributed by atoms with van der Waals surface area (Å²) in [6.45, 7) is -0.0276. The van der Waals surface area contributed by atoms with Crippen molar-refractivity contribution >= 4 is 43.8 Å². The largest absolute Gasteiger partial charge is 0.496 e. The normalized spacial score (nSPS) is 10.4. The predicted octanol–water partition coefficient (Wildman–Crippen LogP) is 5.94. The second-order valence-corrected chi connectivity index (χ2v) is 8.44. The van der Waals surface area contributed by atoms with Crippen LogP contribution in [0.2, 0.25) is 0 Å². The first-order chi connectivity index (χ1) is 15.4. The van der Waals surface area contributed by atoms with Gasteiger partial charge in [0.05, 0.1) is 25.3 Å². The number of carbonyl (C=O) groups is 2. The fraction of sp³-hybridized carbons (Fsp3) is 0.167. The Morgan fingerprint density at radius 3 is 1.47 bits per heavy atom. The lowest BCUT2D eigenvalue weighted by Crippen LogP contribution is -2.14. The minimum Gasteiger partial charge on any atom is -0.496 e. The summed E-state index contributed by atoms with van der Waals surface area (Å²) in [6.07, 6.45) is 0. The van der Waals surface area contributed by atoms with Crippen molar-refractivity contribution in [1.82, 2.24) is 0 Å². The number of benzene rings is 3. The Bertz CT molecular complexity index is 1040. The number of rotatable bonds is 8. The average molecular weight is 564 g/mol. The van der Waals surface area contributed by atoms with E-state index in [2.05, 4.69) is 31.9 Å². The maximum absolute atomic E-state index is 12.7. The minimum absolute atomic E-state index is 0.0138. The summed E-state index contributed by atoms with van der Waals surface area (Å²) < 4.78 is 23.2. The predicted molar refractivity (Wildman–Crippen MR) is 126 cm³/mol. The maximum Gasteiger partial charge on any atom is 0.339 e. The third-order valence-electron chi connectivity index (χ3n) is 4.57. The van der Waals surface area contributed by atoms with Crippen LogP contribution in [0.3, 0.4) is 0 Å². The molecule has 166 valence electrons. The molecule has 0 spiro atoms. The first kappa shape index (κ1) is 23.8.